The first-order valence-corrected chi connectivity index (χ1v) is 8.56. The van der Waals surface area contributed by atoms with Gasteiger partial charge in [0, 0.05) is 23.7 Å². The predicted molar refractivity (Wildman–Crippen MR) is 109 cm³/mol. The second kappa shape index (κ2) is 9.45. The maximum atomic E-state index is 12.8. The normalized spacial score (nSPS) is 10.0. The Hall–Kier alpha value is -3.48. The van der Waals surface area contributed by atoms with Gasteiger partial charge in [-0.3, -0.25) is 9.59 Å². The molecule has 0 saturated carbocycles. The van der Waals surface area contributed by atoms with Crippen LogP contribution in [0.15, 0.2) is 43.0 Å². The molecule has 0 aliphatic heterocycles. The number of nitrogens with one attached hydrogen (secondary N) is 2. The fourth-order valence-corrected chi connectivity index (χ4v) is 2.76. The van der Waals surface area contributed by atoms with E-state index in [1.54, 1.807) is 43.5 Å². The Morgan fingerprint density at radius 3 is 2.29 bits per heavy atom. The Bertz CT molecular complexity index is 893. The molecule has 2 N–H and O–H groups in total. The van der Waals surface area contributed by atoms with Crippen LogP contribution in [-0.2, 0) is 11.2 Å². The lowest BCUT2D eigenvalue weighted by molar-refractivity contribution is -0.114. The minimum absolute atomic E-state index is 0.240. The molecule has 2 rings (SSSR count). The van der Waals surface area contributed by atoms with Crippen LogP contribution in [0.2, 0.25) is 0 Å². The molecule has 0 aliphatic carbocycles. The van der Waals surface area contributed by atoms with Crippen molar-refractivity contribution in [2.24, 2.45) is 0 Å². The standard InChI is InChI=1S/C21H24N2O5/c1-6-7-14-10-15(11-19(27-4)20(14)28-5)21(25)23-16-8-9-18(26-3)17(12-16)22-13(2)24/h6,8-12H,1,7H2,2-5H3,(H,22,24)(H,23,25). The van der Waals surface area contributed by atoms with Crippen LogP contribution < -0.4 is 24.8 Å². The molecule has 0 aromatic heterocycles. The van der Waals surface area contributed by atoms with Crippen molar-refractivity contribution in [1.29, 1.82) is 0 Å². The van der Waals surface area contributed by atoms with Crippen LogP contribution in [-0.4, -0.2) is 33.1 Å². The highest BCUT2D eigenvalue weighted by Gasteiger charge is 2.16. The number of benzene rings is 2. The summed E-state index contributed by atoms with van der Waals surface area (Å²) in [6.45, 7) is 5.13. The van der Waals surface area contributed by atoms with Crippen molar-refractivity contribution in [2.75, 3.05) is 32.0 Å². The summed E-state index contributed by atoms with van der Waals surface area (Å²) in [5.74, 6) is 0.950. The predicted octanol–water partition coefficient (Wildman–Crippen LogP) is 3.65. The number of hydrogen-bond acceptors (Lipinski definition) is 5. The third-order valence-electron chi connectivity index (χ3n) is 3.95. The maximum Gasteiger partial charge on any atom is 0.255 e. The average molecular weight is 384 g/mol. The van der Waals surface area contributed by atoms with Crippen molar-refractivity contribution < 1.29 is 23.8 Å². The molecule has 7 heteroatoms. The molecule has 0 spiro atoms. The van der Waals surface area contributed by atoms with Gasteiger partial charge in [0.15, 0.2) is 11.5 Å². The summed E-state index contributed by atoms with van der Waals surface area (Å²) in [4.78, 5) is 24.2. The molecule has 2 amide bonds. The first kappa shape index (κ1) is 20.8. The van der Waals surface area contributed by atoms with E-state index < -0.39 is 0 Å². The molecule has 2 aromatic rings. The van der Waals surface area contributed by atoms with Crippen LogP contribution in [0.1, 0.15) is 22.8 Å². The fourth-order valence-electron chi connectivity index (χ4n) is 2.76. The van der Waals surface area contributed by atoms with Crippen LogP contribution in [0.25, 0.3) is 0 Å². The van der Waals surface area contributed by atoms with Crippen molar-refractivity contribution in [1.82, 2.24) is 0 Å². The number of allylic oxidation sites excluding steroid dienone is 1. The van der Waals surface area contributed by atoms with E-state index in [0.29, 0.717) is 40.6 Å². The van der Waals surface area contributed by atoms with Gasteiger partial charge in [0.25, 0.3) is 5.91 Å². The number of methoxy groups -OCH3 is 3. The van der Waals surface area contributed by atoms with Gasteiger partial charge in [0.05, 0.1) is 27.0 Å². The molecule has 28 heavy (non-hydrogen) atoms. The van der Waals surface area contributed by atoms with E-state index in [4.69, 9.17) is 14.2 Å². The van der Waals surface area contributed by atoms with E-state index in [-0.39, 0.29) is 11.8 Å². The Labute approximate surface area is 164 Å². The summed E-state index contributed by atoms with van der Waals surface area (Å²) < 4.78 is 16.0. The van der Waals surface area contributed by atoms with Crippen LogP contribution in [0.4, 0.5) is 11.4 Å². The van der Waals surface area contributed by atoms with Crippen LogP contribution in [0, 0.1) is 0 Å². The molecule has 0 saturated heterocycles. The highest BCUT2D eigenvalue weighted by molar-refractivity contribution is 6.05. The van der Waals surface area contributed by atoms with Gasteiger partial charge in [-0.15, -0.1) is 6.58 Å². The average Bonchev–Trinajstić information content (AvgIpc) is 2.67. The van der Waals surface area contributed by atoms with E-state index in [1.165, 1.54) is 21.1 Å². The number of anilines is 2. The fraction of sp³-hybridized carbons (Fsp3) is 0.238. The van der Waals surface area contributed by atoms with E-state index in [1.807, 2.05) is 0 Å². The van der Waals surface area contributed by atoms with E-state index in [2.05, 4.69) is 17.2 Å². The lowest BCUT2D eigenvalue weighted by Gasteiger charge is -2.15. The van der Waals surface area contributed by atoms with Gasteiger partial charge < -0.3 is 24.8 Å². The Balaban J connectivity index is 2.35. The van der Waals surface area contributed by atoms with Crippen molar-refractivity contribution in [2.45, 2.75) is 13.3 Å². The largest absolute Gasteiger partial charge is 0.495 e. The molecule has 148 valence electrons. The zero-order chi connectivity index (χ0) is 20.7. The van der Waals surface area contributed by atoms with Crippen LogP contribution in [0.5, 0.6) is 17.2 Å². The van der Waals surface area contributed by atoms with Crippen LogP contribution >= 0.6 is 0 Å². The van der Waals surface area contributed by atoms with Crippen molar-refractivity contribution in [3.63, 3.8) is 0 Å². The Kier molecular flexibility index (Phi) is 7.03. The molecule has 0 bridgehead atoms. The van der Waals surface area contributed by atoms with Gasteiger partial charge in [-0.05, 0) is 36.8 Å². The molecule has 7 nitrogen and oxygen atoms in total. The zero-order valence-corrected chi connectivity index (χ0v) is 16.4. The number of carbonyl (C=O) groups excluding carboxylic acids is 2. The lowest BCUT2D eigenvalue weighted by Crippen LogP contribution is -2.14. The van der Waals surface area contributed by atoms with Crippen molar-refractivity contribution in [3.8, 4) is 17.2 Å². The smallest absolute Gasteiger partial charge is 0.255 e. The van der Waals surface area contributed by atoms with E-state index in [9.17, 15) is 9.59 Å². The highest BCUT2D eigenvalue weighted by atomic mass is 16.5. The molecule has 0 atom stereocenters. The molecule has 0 unspecified atom stereocenters. The van der Waals surface area contributed by atoms with Crippen molar-refractivity contribution >= 4 is 23.2 Å². The summed E-state index contributed by atoms with van der Waals surface area (Å²) in [5, 5.41) is 5.49. The highest BCUT2D eigenvalue weighted by Crippen LogP contribution is 2.34. The van der Waals surface area contributed by atoms with Crippen LogP contribution in [0.3, 0.4) is 0 Å². The minimum Gasteiger partial charge on any atom is -0.495 e. The first-order valence-electron chi connectivity index (χ1n) is 8.56. The summed E-state index contributed by atoms with van der Waals surface area (Å²) in [6.07, 6.45) is 2.25. The molecule has 2 aromatic carbocycles. The van der Waals surface area contributed by atoms with Gasteiger partial charge in [-0.25, -0.2) is 0 Å². The Morgan fingerprint density at radius 2 is 1.71 bits per heavy atom. The number of amides is 2. The SMILES string of the molecule is C=CCc1cc(C(=O)Nc2ccc(OC)c(NC(C)=O)c2)cc(OC)c1OC. The first-order chi connectivity index (χ1) is 13.4. The number of hydrogen-bond donors (Lipinski definition) is 2. The topological polar surface area (TPSA) is 85.9 Å². The molecule has 0 heterocycles. The molecule has 0 aliphatic rings. The van der Waals surface area contributed by atoms with Gasteiger partial charge in [-0.1, -0.05) is 6.08 Å². The summed E-state index contributed by atoms with van der Waals surface area (Å²) in [5.41, 5.74) is 2.17. The molecular formula is C21H24N2O5. The number of rotatable bonds is 8. The zero-order valence-electron chi connectivity index (χ0n) is 16.4. The second-order valence-corrected chi connectivity index (χ2v) is 5.91. The minimum atomic E-state index is -0.329. The molecule has 0 radical (unpaired) electrons. The second-order valence-electron chi connectivity index (χ2n) is 5.91. The van der Waals surface area contributed by atoms with Gasteiger partial charge in [0.1, 0.15) is 5.75 Å². The Morgan fingerprint density at radius 1 is 1.00 bits per heavy atom. The summed E-state index contributed by atoms with van der Waals surface area (Å²) in [6, 6.07) is 8.32. The lowest BCUT2D eigenvalue weighted by atomic mass is 10.0. The van der Waals surface area contributed by atoms with Gasteiger partial charge >= 0.3 is 0 Å². The number of ether oxygens (including phenoxy) is 3. The summed E-state index contributed by atoms with van der Waals surface area (Å²) >= 11 is 0. The molecule has 0 fully saturated rings. The maximum absolute atomic E-state index is 12.8. The molecular weight excluding hydrogens is 360 g/mol. The van der Waals surface area contributed by atoms with E-state index in [0.717, 1.165) is 5.56 Å². The van der Waals surface area contributed by atoms with E-state index >= 15 is 0 Å². The van der Waals surface area contributed by atoms with Crippen molar-refractivity contribution in [3.05, 3.63) is 54.1 Å². The van der Waals surface area contributed by atoms with Gasteiger partial charge in [-0.2, -0.15) is 0 Å². The van der Waals surface area contributed by atoms with Gasteiger partial charge in [0.2, 0.25) is 5.91 Å². The third kappa shape index (κ3) is 4.82. The quantitative estimate of drug-likeness (QED) is 0.679. The number of carbonyl (C=O) groups is 2. The monoisotopic (exact) mass is 384 g/mol. The summed E-state index contributed by atoms with van der Waals surface area (Å²) in [7, 11) is 4.56. The third-order valence-corrected chi connectivity index (χ3v) is 3.95.